The van der Waals surface area contributed by atoms with E-state index in [1.54, 1.807) is 32.9 Å². The largest absolute Gasteiger partial charge is 0.444 e. The Kier molecular flexibility index (Phi) is 7.31. The first-order valence-corrected chi connectivity index (χ1v) is 14.1. The third-order valence-electron chi connectivity index (χ3n) is 8.63. The molecule has 210 valence electrons. The van der Waals surface area contributed by atoms with Crippen molar-refractivity contribution in [3.63, 3.8) is 0 Å². The number of nitrogens with zero attached hydrogens (tertiary/aromatic N) is 4. The van der Waals surface area contributed by atoms with Crippen LogP contribution < -0.4 is 5.32 Å². The molecule has 3 saturated heterocycles. The van der Waals surface area contributed by atoms with Gasteiger partial charge in [0.1, 0.15) is 23.5 Å². The lowest BCUT2D eigenvalue weighted by atomic mass is 9.85. The third-order valence-corrected chi connectivity index (χ3v) is 8.63. The number of carbonyl (C=O) groups excluding carboxylic acids is 3. The smallest absolute Gasteiger partial charge is 0.408 e. The van der Waals surface area contributed by atoms with Crippen LogP contribution in [0, 0.1) is 17.1 Å². The molecule has 39 heavy (non-hydrogen) atoms. The zero-order valence-electron chi connectivity index (χ0n) is 23.0. The number of carbonyl (C=O) groups is 3. The van der Waals surface area contributed by atoms with Crippen LogP contribution in [0.4, 0.5) is 9.18 Å². The third kappa shape index (κ3) is 5.21. The van der Waals surface area contributed by atoms with Crippen molar-refractivity contribution >= 4 is 17.9 Å². The van der Waals surface area contributed by atoms with Gasteiger partial charge in [-0.3, -0.25) is 14.5 Å². The average Bonchev–Trinajstić information content (AvgIpc) is 3.66. The molecule has 3 aliphatic heterocycles. The van der Waals surface area contributed by atoms with Gasteiger partial charge in [0, 0.05) is 25.7 Å². The van der Waals surface area contributed by atoms with Gasteiger partial charge in [0.2, 0.25) is 11.8 Å². The maximum Gasteiger partial charge on any atom is 0.408 e. The number of amides is 3. The monoisotopic (exact) mass is 539 g/mol. The van der Waals surface area contributed by atoms with Crippen LogP contribution in [0.5, 0.6) is 0 Å². The van der Waals surface area contributed by atoms with E-state index in [0.717, 1.165) is 37.7 Å². The molecular formula is C29H38FN5O4. The molecule has 1 aromatic rings. The lowest BCUT2D eigenvalue weighted by Crippen LogP contribution is -2.61. The highest BCUT2D eigenvalue weighted by molar-refractivity contribution is 5.88. The second-order valence-corrected chi connectivity index (χ2v) is 12.3. The Morgan fingerprint density at radius 3 is 2.51 bits per heavy atom. The van der Waals surface area contributed by atoms with Gasteiger partial charge in [0.05, 0.1) is 17.6 Å². The first kappa shape index (κ1) is 27.4. The second kappa shape index (κ2) is 10.4. The summed E-state index contributed by atoms with van der Waals surface area (Å²) >= 11 is 0. The number of fused-ring (bicyclic) bond motifs is 2. The van der Waals surface area contributed by atoms with Crippen LogP contribution in [0.3, 0.4) is 0 Å². The van der Waals surface area contributed by atoms with Crippen molar-refractivity contribution in [2.75, 3.05) is 19.6 Å². The van der Waals surface area contributed by atoms with Crippen molar-refractivity contribution in [2.24, 2.45) is 0 Å². The Bertz CT molecular complexity index is 1150. The van der Waals surface area contributed by atoms with E-state index in [9.17, 15) is 24.0 Å². The molecule has 4 atom stereocenters. The standard InChI is InChI=1S/C29H38FN5O4/c1-28(2,3)39-27(38)32-23(25(36)34-14-6-7-21(34)16-31)18-33-17-22-15-24(33)26(37)35(22)29(12-4-5-13-29)19-8-10-20(30)11-9-19/h8-11,21-24H,4-7,12-15,17-18H2,1-3H3,(H,32,38)/t21-,22+,23-,24+/m0/s1. The van der Waals surface area contributed by atoms with E-state index >= 15 is 0 Å². The maximum atomic E-state index is 13.9. The van der Waals surface area contributed by atoms with Gasteiger partial charge in [-0.1, -0.05) is 25.0 Å². The van der Waals surface area contributed by atoms with Crippen molar-refractivity contribution in [3.8, 4) is 6.07 Å². The predicted octanol–water partition coefficient (Wildman–Crippen LogP) is 3.29. The van der Waals surface area contributed by atoms with E-state index in [-0.39, 0.29) is 30.2 Å². The first-order chi connectivity index (χ1) is 18.5. The molecule has 2 bridgehead atoms. The molecule has 1 saturated carbocycles. The Morgan fingerprint density at radius 1 is 1.21 bits per heavy atom. The first-order valence-electron chi connectivity index (χ1n) is 14.1. The molecule has 4 aliphatic rings. The molecule has 4 fully saturated rings. The number of likely N-dealkylation sites (tertiary alicyclic amines) is 3. The summed E-state index contributed by atoms with van der Waals surface area (Å²) in [6.07, 6.45) is 5.00. The number of benzene rings is 1. The van der Waals surface area contributed by atoms with Gasteiger partial charge < -0.3 is 19.9 Å². The molecule has 1 N–H and O–H groups in total. The summed E-state index contributed by atoms with van der Waals surface area (Å²) in [5, 5.41) is 12.3. The number of ether oxygens (including phenoxy) is 1. The highest BCUT2D eigenvalue weighted by Crippen LogP contribution is 2.50. The van der Waals surface area contributed by atoms with Crippen LogP contribution in [-0.4, -0.2) is 82.0 Å². The Balaban J connectivity index is 1.35. The molecule has 0 radical (unpaired) electrons. The SMILES string of the molecule is CC(C)(C)OC(=O)N[C@@H](CN1C[C@H]2C[C@@H]1C(=O)N2C1(c2ccc(F)cc2)CCCC1)C(=O)N1CCC[C@H]1C#N. The quantitative estimate of drug-likeness (QED) is 0.595. The van der Waals surface area contributed by atoms with Crippen molar-refractivity contribution in [1.29, 1.82) is 5.26 Å². The Morgan fingerprint density at radius 2 is 1.90 bits per heavy atom. The minimum atomic E-state index is -0.938. The number of hydrogen-bond acceptors (Lipinski definition) is 6. The fourth-order valence-electron chi connectivity index (χ4n) is 7.05. The normalized spacial score (nSPS) is 27.1. The van der Waals surface area contributed by atoms with Gasteiger partial charge in [-0.05, 0) is 70.6 Å². The molecule has 0 unspecified atom stereocenters. The predicted molar refractivity (Wildman–Crippen MR) is 141 cm³/mol. The number of halogens is 1. The lowest BCUT2D eigenvalue weighted by molar-refractivity contribution is -0.146. The van der Waals surface area contributed by atoms with E-state index in [1.807, 2.05) is 9.80 Å². The summed E-state index contributed by atoms with van der Waals surface area (Å²) in [5.74, 6) is -0.593. The van der Waals surface area contributed by atoms with Crippen LogP contribution in [0.1, 0.15) is 71.3 Å². The highest BCUT2D eigenvalue weighted by atomic mass is 19.1. The number of nitriles is 1. The second-order valence-electron chi connectivity index (χ2n) is 12.3. The lowest BCUT2D eigenvalue weighted by Gasteiger charge is -2.46. The van der Waals surface area contributed by atoms with Gasteiger partial charge in [0.15, 0.2) is 0 Å². The molecule has 0 aromatic heterocycles. The van der Waals surface area contributed by atoms with E-state index in [0.29, 0.717) is 25.9 Å². The van der Waals surface area contributed by atoms with E-state index in [4.69, 9.17) is 4.74 Å². The van der Waals surface area contributed by atoms with Crippen LogP contribution >= 0.6 is 0 Å². The van der Waals surface area contributed by atoms with Crippen molar-refractivity contribution in [1.82, 2.24) is 20.0 Å². The zero-order chi connectivity index (χ0) is 27.9. The summed E-state index contributed by atoms with van der Waals surface area (Å²) in [4.78, 5) is 45.7. The minimum Gasteiger partial charge on any atom is -0.444 e. The minimum absolute atomic E-state index is 0.0250. The van der Waals surface area contributed by atoms with E-state index in [2.05, 4.69) is 11.4 Å². The van der Waals surface area contributed by atoms with Gasteiger partial charge in [-0.2, -0.15) is 5.26 Å². The maximum absolute atomic E-state index is 13.9. The van der Waals surface area contributed by atoms with Gasteiger partial charge in [0.25, 0.3) is 0 Å². The Hall–Kier alpha value is -3.19. The van der Waals surface area contributed by atoms with Crippen LogP contribution in [0.2, 0.25) is 0 Å². The molecule has 5 rings (SSSR count). The molecule has 3 heterocycles. The average molecular weight is 540 g/mol. The van der Waals surface area contributed by atoms with Crippen molar-refractivity contribution in [2.45, 2.75) is 101 Å². The molecule has 1 aliphatic carbocycles. The van der Waals surface area contributed by atoms with Crippen LogP contribution in [-0.2, 0) is 19.9 Å². The molecular weight excluding hydrogens is 501 g/mol. The molecule has 9 nitrogen and oxygen atoms in total. The summed E-state index contributed by atoms with van der Waals surface area (Å²) in [6.45, 7) is 6.47. The van der Waals surface area contributed by atoms with Gasteiger partial charge in [-0.25, -0.2) is 9.18 Å². The topological polar surface area (TPSA) is 106 Å². The fourth-order valence-corrected chi connectivity index (χ4v) is 7.05. The van der Waals surface area contributed by atoms with Crippen LogP contribution in [0.15, 0.2) is 24.3 Å². The summed E-state index contributed by atoms with van der Waals surface area (Å²) in [6, 6.07) is 6.85. The fraction of sp³-hybridized carbons (Fsp3) is 0.655. The summed E-state index contributed by atoms with van der Waals surface area (Å²) in [7, 11) is 0. The number of hydrogen-bond donors (Lipinski definition) is 1. The zero-order valence-corrected chi connectivity index (χ0v) is 23.0. The number of nitrogens with one attached hydrogen (secondary N) is 1. The highest BCUT2D eigenvalue weighted by Gasteiger charge is 2.58. The van der Waals surface area contributed by atoms with Crippen molar-refractivity contribution < 1.29 is 23.5 Å². The number of rotatable bonds is 6. The summed E-state index contributed by atoms with van der Waals surface area (Å²) < 4.78 is 19.1. The number of piperazine rings is 1. The molecule has 0 spiro atoms. The summed E-state index contributed by atoms with van der Waals surface area (Å²) in [5.41, 5.74) is -0.194. The van der Waals surface area contributed by atoms with Gasteiger partial charge >= 0.3 is 6.09 Å². The van der Waals surface area contributed by atoms with E-state index in [1.165, 1.54) is 17.0 Å². The molecule has 1 aromatic carbocycles. The molecule has 10 heteroatoms. The van der Waals surface area contributed by atoms with Crippen LogP contribution in [0.25, 0.3) is 0 Å². The van der Waals surface area contributed by atoms with Gasteiger partial charge in [-0.15, -0.1) is 0 Å². The molecule has 3 amide bonds. The van der Waals surface area contributed by atoms with E-state index < -0.39 is 35.4 Å². The number of alkyl carbamates (subject to hydrolysis) is 1. The Labute approximate surface area is 229 Å². The van der Waals surface area contributed by atoms with Crippen molar-refractivity contribution in [3.05, 3.63) is 35.6 Å².